The van der Waals surface area contributed by atoms with Gasteiger partial charge in [-0.05, 0) is 26.8 Å². The van der Waals surface area contributed by atoms with Crippen LogP contribution in [0.5, 0.6) is 0 Å². The fraction of sp³-hybridized carbons (Fsp3) is 0.647. The van der Waals surface area contributed by atoms with Crippen LogP contribution in [0.2, 0.25) is 0 Å². The monoisotopic (exact) mass is 401 g/mol. The Labute approximate surface area is 159 Å². The zero-order valence-corrected chi connectivity index (χ0v) is 16.7. The predicted molar refractivity (Wildman–Crippen MR) is 100 cm³/mol. The van der Waals surface area contributed by atoms with Crippen molar-refractivity contribution in [2.75, 3.05) is 39.3 Å². The summed E-state index contributed by atoms with van der Waals surface area (Å²) in [4.78, 5) is 12.2. The maximum Gasteiger partial charge on any atom is 0.270 e. The van der Waals surface area contributed by atoms with Crippen molar-refractivity contribution in [1.29, 1.82) is 0 Å². The van der Waals surface area contributed by atoms with Gasteiger partial charge in [0.2, 0.25) is 10.0 Å². The summed E-state index contributed by atoms with van der Waals surface area (Å²) in [6.07, 6.45) is -0.649. The minimum atomic E-state index is -3.78. The second-order valence-electron chi connectivity index (χ2n) is 7.54. The summed E-state index contributed by atoms with van der Waals surface area (Å²) in [5, 5.41) is 21.0. The minimum absolute atomic E-state index is 0.0799. The molecule has 1 aliphatic heterocycles. The molecule has 0 radical (unpaired) electrons. The number of sulfonamides is 1. The number of nitrogens with zero attached hydrogens (tertiary/aromatic N) is 3. The summed E-state index contributed by atoms with van der Waals surface area (Å²) in [5.74, 6) is 0. The van der Waals surface area contributed by atoms with Crippen molar-refractivity contribution < 1.29 is 23.2 Å². The number of rotatable bonds is 7. The Morgan fingerprint density at radius 3 is 2.44 bits per heavy atom. The zero-order valence-electron chi connectivity index (χ0n) is 15.9. The summed E-state index contributed by atoms with van der Waals surface area (Å²) < 4.78 is 32.3. The lowest BCUT2D eigenvalue weighted by Crippen LogP contribution is -2.50. The van der Waals surface area contributed by atoms with E-state index >= 15 is 0 Å². The lowest BCUT2D eigenvalue weighted by molar-refractivity contribution is -0.385. The molecule has 2 rings (SSSR count). The third kappa shape index (κ3) is 6.22. The Morgan fingerprint density at radius 2 is 1.89 bits per heavy atom. The molecular formula is C17H27N3O6S. The SMILES string of the molecule is CC(C)(C)OC[C@@H](O)CN1CCN(S(=O)(=O)c2cccc([N+](=O)[O-])c2)CC1. The quantitative estimate of drug-likeness (QED) is 0.537. The van der Waals surface area contributed by atoms with Gasteiger partial charge in [0.1, 0.15) is 0 Å². The molecule has 0 amide bonds. The van der Waals surface area contributed by atoms with Crippen LogP contribution in [-0.2, 0) is 14.8 Å². The summed E-state index contributed by atoms with van der Waals surface area (Å²) in [6.45, 7) is 7.83. The van der Waals surface area contributed by atoms with Crippen LogP contribution in [0.1, 0.15) is 20.8 Å². The number of hydrogen-bond donors (Lipinski definition) is 1. The highest BCUT2D eigenvalue weighted by atomic mass is 32.2. The predicted octanol–water partition coefficient (Wildman–Crippen LogP) is 1.08. The van der Waals surface area contributed by atoms with Gasteiger partial charge in [0.15, 0.2) is 0 Å². The molecule has 9 nitrogen and oxygen atoms in total. The molecule has 1 N–H and O–H groups in total. The molecule has 0 unspecified atom stereocenters. The summed E-state index contributed by atoms with van der Waals surface area (Å²) in [5.41, 5.74) is -0.580. The Morgan fingerprint density at radius 1 is 1.26 bits per heavy atom. The second kappa shape index (κ2) is 8.61. The van der Waals surface area contributed by atoms with Crippen molar-refractivity contribution >= 4 is 15.7 Å². The van der Waals surface area contributed by atoms with Gasteiger partial charge in [-0.2, -0.15) is 4.31 Å². The van der Waals surface area contributed by atoms with E-state index in [0.29, 0.717) is 19.6 Å². The molecule has 1 heterocycles. The number of benzene rings is 1. The Hall–Kier alpha value is -1.59. The van der Waals surface area contributed by atoms with E-state index in [2.05, 4.69) is 0 Å². The third-order valence-corrected chi connectivity index (χ3v) is 6.07. The molecule has 1 saturated heterocycles. The first-order valence-electron chi connectivity index (χ1n) is 8.78. The Balaban J connectivity index is 1.92. The van der Waals surface area contributed by atoms with Crippen LogP contribution in [0.4, 0.5) is 5.69 Å². The number of aliphatic hydroxyl groups excluding tert-OH is 1. The number of non-ortho nitro benzene ring substituents is 1. The summed E-state index contributed by atoms with van der Waals surface area (Å²) in [6, 6.07) is 5.07. The first kappa shape index (κ1) is 21.7. The largest absolute Gasteiger partial charge is 0.389 e. The number of β-amino-alcohol motifs (C(OH)–C–C–N with tert-alkyl or cyclic N) is 1. The lowest BCUT2D eigenvalue weighted by atomic mass is 10.2. The number of hydrogen-bond acceptors (Lipinski definition) is 7. The number of nitro groups is 1. The van der Waals surface area contributed by atoms with Crippen LogP contribution in [-0.4, -0.2) is 78.7 Å². The van der Waals surface area contributed by atoms with Crippen LogP contribution in [0.3, 0.4) is 0 Å². The standard InChI is InChI=1S/C17H27N3O6S/c1-17(2,3)26-13-15(21)12-18-7-9-19(10-8-18)27(24,25)16-6-4-5-14(11-16)20(22)23/h4-6,11,15,21H,7-10,12-13H2,1-3H3/t15-/m0/s1. The van der Waals surface area contributed by atoms with Gasteiger partial charge in [-0.25, -0.2) is 8.42 Å². The third-order valence-electron chi connectivity index (χ3n) is 4.18. The van der Waals surface area contributed by atoms with E-state index in [1.54, 1.807) is 0 Å². The van der Waals surface area contributed by atoms with Gasteiger partial charge in [0.25, 0.3) is 5.69 Å². The number of aliphatic hydroxyl groups is 1. The average Bonchev–Trinajstić information content (AvgIpc) is 2.60. The highest BCUT2D eigenvalue weighted by molar-refractivity contribution is 7.89. The van der Waals surface area contributed by atoms with Crippen molar-refractivity contribution in [1.82, 2.24) is 9.21 Å². The normalized spacial score (nSPS) is 18.4. The molecule has 1 aromatic carbocycles. The van der Waals surface area contributed by atoms with Crippen molar-refractivity contribution in [2.45, 2.75) is 37.4 Å². The highest BCUT2D eigenvalue weighted by Crippen LogP contribution is 2.22. The molecule has 0 aliphatic carbocycles. The van der Waals surface area contributed by atoms with Gasteiger partial charge in [-0.1, -0.05) is 6.07 Å². The van der Waals surface area contributed by atoms with E-state index in [9.17, 15) is 23.6 Å². The van der Waals surface area contributed by atoms with E-state index in [0.717, 1.165) is 6.07 Å². The maximum absolute atomic E-state index is 12.7. The summed E-state index contributed by atoms with van der Waals surface area (Å²) in [7, 11) is -3.78. The molecule has 1 aromatic rings. The minimum Gasteiger partial charge on any atom is -0.389 e. The van der Waals surface area contributed by atoms with E-state index < -0.39 is 21.1 Å². The van der Waals surface area contributed by atoms with Crippen LogP contribution in [0.15, 0.2) is 29.2 Å². The van der Waals surface area contributed by atoms with Crippen LogP contribution in [0, 0.1) is 10.1 Å². The topological polar surface area (TPSA) is 113 Å². The molecule has 27 heavy (non-hydrogen) atoms. The van der Waals surface area contributed by atoms with Gasteiger partial charge in [0.05, 0.1) is 28.1 Å². The van der Waals surface area contributed by atoms with Gasteiger partial charge in [-0.3, -0.25) is 15.0 Å². The molecule has 0 aromatic heterocycles. The smallest absolute Gasteiger partial charge is 0.270 e. The van der Waals surface area contributed by atoms with Crippen molar-refractivity contribution in [3.8, 4) is 0 Å². The first-order valence-corrected chi connectivity index (χ1v) is 10.2. The first-order chi connectivity index (χ1) is 12.5. The van der Waals surface area contributed by atoms with Crippen LogP contribution < -0.4 is 0 Å². The molecule has 0 saturated carbocycles. The maximum atomic E-state index is 12.7. The van der Waals surface area contributed by atoms with Gasteiger partial charge < -0.3 is 9.84 Å². The molecule has 10 heteroatoms. The summed E-state index contributed by atoms with van der Waals surface area (Å²) >= 11 is 0. The molecule has 1 fully saturated rings. The number of ether oxygens (including phenoxy) is 1. The highest BCUT2D eigenvalue weighted by Gasteiger charge is 2.30. The zero-order chi connectivity index (χ0) is 20.2. The van der Waals surface area contributed by atoms with Gasteiger partial charge >= 0.3 is 0 Å². The van der Waals surface area contributed by atoms with Gasteiger partial charge in [-0.15, -0.1) is 0 Å². The van der Waals surface area contributed by atoms with Crippen molar-refractivity contribution in [2.24, 2.45) is 0 Å². The number of piperazine rings is 1. The fourth-order valence-electron chi connectivity index (χ4n) is 2.76. The van der Waals surface area contributed by atoms with E-state index in [1.165, 1.54) is 22.5 Å². The Kier molecular flexibility index (Phi) is 6.92. The second-order valence-corrected chi connectivity index (χ2v) is 9.47. The average molecular weight is 401 g/mol. The van der Waals surface area contributed by atoms with Crippen molar-refractivity contribution in [3.63, 3.8) is 0 Å². The molecule has 1 atom stereocenters. The van der Waals surface area contributed by atoms with Crippen LogP contribution in [0.25, 0.3) is 0 Å². The van der Waals surface area contributed by atoms with E-state index in [4.69, 9.17) is 4.74 Å². The molecule has 0 bridgehead atoms. The van der Waals surface area contributed by atoms with Crippen LogP contribution >= 0.6 is 0 Å². The van der Waals surface area contributed by atoms with E-state index in [-0.39, 0.29) is 35.9 Å². The van der Waals surface area contributed by atoms with Crippen molar-refractivity contribution in [3.05, 3.63) is 34.4 Å². The Bertz CT molecular complexity index is 754. The van der Waals surface area contributed by atoms with E-state index in [1.807, 2.05) is 25.7 Å². The van der Waals surface area contributed by atoms with Gasteiger partial charge in [0, 0.05) is 44.9 Å². The number of nitro benzene ring substituents is 1. The lowest BCUT2D eigenvalue weighted by Gasteiger charge is -2.35. The molecule has 152 valence electrons. The molecular weight excluding hydrogens is 374 g/mol. The molecule has 0 spiro atoms. The molecule has 1 aliphatic rings. The fourth-order valence-corrected chi connectivity index (χ4v) is 4.22.